The van der Waals surface area contributed by atoms with Gasteiger partial charge in [-0.1, -0.05) is 18.2 Å². The van der Waals surface area contributed by atoms with Crippen LogP contribution in [-0.4, -0.2) is 81.8 Å². The zero-order valence-corrected chi connectivity index (χ0v) is 17.0. The summed E-state index contributed by atoms with van der Waals surface area (Å²) >= 11 is 0. The molecule has 0 spiro atoms. The van der Waals surface area contributed by atoms with Crippen molar-refractivity contribution in [2.24, 2.45) is 5.92 Å². The minimum Gasteiger partial charge on any atom is -0.340 e. The van der Waals surface area contributed by atoms with Crippen LogP contribution in [0.25, 0.3) is 0 Å². The summed E-state index contributed by atoms with van der Waals surface area (Å²) in [4.78, 5) is 14.7. The summed E-state index contributed by atoms with van der Waals surface area (Å²) in [5.41, 5.74) is 0. The van der Waals surface area contributed by atoms with E-state index in [2.05, 4.69) is 0 Å². The van der Waals surface area contributed by atoms with E-state index in [-0.39, 0.29) is 36.4 Å². The van der Waals surface area contributed by atoms with E-state index in [0.29, 0.717) is 32.5 Å². The first kappa shape index (κ1) is 20.2. The van der Waals surface area contributed by atoms with Crippen LogP contribution < -0.4 is 0 Å². The quantitative estimate of drug-likeness (QED) is 0.700. The summed E-state index contributed by atoms with van der Waals surface area (Å²) in [6, 6.07) is 8.26. The predicted octanol–water partition coefficient (Wildman–Crippen LogP) is 0.191. The average Bonchev–Trinajstić information content (AvgIpc) is 2.67. The third-order valence-electron chi connectivity index (χ3n) is 5.13. The van der Waals surface area contributed by atoms with Gasteiger partial charge < -0.3 is 4.90 Å². The molecule has 0 unspecified atom stereocenters. The summed E-state index contributed by atoms with van der Waals surface area (Å²) < 4.78 is 51.6. The molecule has 0 aromatic heterocycles. The zero-order valence-electron chi connectivity index (χ0n) is 15.3. The van der Waals surface area contributed by atoms with Crippen molar-refractivity contribution in [1.82, 2.24) is 13.5 Å². The molecule has 2 aliphatic heterocycles. The highest BCUT2D eigenvalue weighted by Gasteiger charge is 2.35. The van der Waals surface area contributed by atoms with Crippen molar-refractivity contribution in [2.45, 2.75) is 17.7 Å². The van der Waals surface area contributed by atoms with E-state index in [1.165, 1.54) is 8.61 Å². The first-order valence-electron chi connectivity index (χ1n) is 8.99. The fourth-order valence-electron chi connectivity index (χ4n) is 3.59. The van der Waals surface area contributed by atoms with Crippen molar-refractivity contribution < 1.29 is 21.6 Å². The van der Waals surface area contributed by atoms with Crippen molar-refractivity contribution in [3.8, 4) is 0 Å². The lowest BCUT2D eigenvalue weighted by molar-refractivity contribution is -0.137. The third-order valence-corrected chi connectivity index (χ3v) is 8.32. The van der Waals surface area contributed by atoms with Gasteiger partial charge in [0.05, 0.1) is 17.1 Å². The average molecular weight is 416 g/mol. The first-order valence-corrected chi connectivity index (χ1v) is 12.3. The minimum atomic E-state index is -3.56. The van der Waals surface area contributed by atoms with Gasteiger partial charge >= 0.3 is 0 Å². The number of rotatable bonds is 4. The number of benzene rings is 1. The molecule has 1 aromatic carbocycles. The van der Waals surface area contributed by atoms with E-state index in [1.807, 2.05) is 0 Å². The number of amides is 1. The van der Waals surface area contributed by atoms with Crippen LogP contribution in [0.1, 0.15) is 12.8 Å². The van der Waals surface area contributed by atoms with E-state index in [4.69, 9.17) is 0 Å². The van der Waals surface area contributed by atoms with Gasteiger partial charge in [-0.05, 0) is 25.0 Å². The van der Waals surface area contributed by atoms with Crippen LogP contribution in [0.2, 0.25) is 0 Å². The number of piperazine rings is 1. The molecule has 0 saturated carbocycles. The Kier molecular flexibility index (Phi) is 5.90. The maximum Gasteiger partial charge on any atom is 0.243 e. The minimum absolute atomic E-state index is 0.0832. The summed E-state index contributed by atoms with van der Waals surface area (Å²) in [5.74, 6) is -0.439. The molecular weight excluding hydrogens is 390 g/mol. The second-order valence-electron chi connectivity index (χ2n) is 7.00. The molecule has 10 heteroatoms. The fourth-order valence-corrected chi connectivity index (χ4v) is 5.95. The van der Waals surface area contributed by atoms with Gasteiger partial charge in [-0.3, -0.25) is 4.79 Å². The van der Waals surface area contributed by atoms with Crippen molar-refractivity contribution >= 4 is 26.0 Å². The van der Waals surface area contributed by atoms with Gasteiger partial charge in [-0.15, -0.1) is 0 Å². The Morgan fingerprint density at radius 2 is 1.56 bits per heavy atom. The molecule has 0 bridgehead atoms. The highest BCUT2D eigenvalue weighted by atomic mass is 32.2. The monoisotopic (exact) mass is 415 g/mol. The van der Waals surface area contributed by atoms with Crippen molar-refractivity contribution in [2.75, 3.05) is 45.5 Å². The largest absolute Gasteiger partial charge is 0.340 e. The molecule has 0 radical (unpaired) electrons. The second kappa shape index (κ2) is 7.86. The number of hydrogen-bond donors (Lipinski definition) is 0. The van der Waals surface area contributed by atoms with E-state index in [1.54, 1.807) is 35.2 Å². The smallest absolute Gasteiger partial charge is 0.243 e. The third kappa shape index (κ3) is 4.50. The molecule has 3 rings (SSSR count). The molecule has 1 atom stereocenters. The maximum absolute atomic E-state index is 12.8. The SMILES string of the molecule is CS(=O)(=O)N1CCC[C@H](C(=O)N2CCN(S(=O)(=O)c3ccccc3)CC2)C1. The van der Waals surface area contributed by atoms with Crippen molar-refractivity contribution in [3.05, 3.63) is 30.3 Å². The van der Waals surface area contributed by atoms with Crippen molar-refractivity contribution in [1.29, 1.82) is 0 Å². The zero-order chi connectivity index (χ0) is 19.7. The number of nitrogens with zero attached hydrogens (tertiary/aromatic N) is 3. The van der Waals surface area contributed by atoms with Gasteiger partial charge in [0.15, 0.2) is 0 Å². The molecule has 1 amide bonds. The molecule has 2 fully saturated rings. The lowest BCUT2D eigenvalue weighted by atomic mass is 9.98. The highest BCUT2D eigenvalue weighted by molar-refractivity contribution is 7.89. The lowest BCUT2D eigenvalue weighted by Crippen LogP contribution is -2.53. The van der Waals surface area contributed by atoms with E-state index in [9.17, 15) is 21.6 Å². The molecule has 8 nitrogen and oxygen atoms in total. The van der Waals surface area contributed by atoms with Gasteiger partial charge in [0.2, 0.25) is 26.0 Å². The molecule has 2 saturated heterocycles. The molecule has 27 heavy (non-hydrogen) atoms. The second-order valence-corrected chi connectivity index (χ2v) is 10.9. The Morgan fingerprint density at radius 3 is 2.15 bits per heavy atom. The van der Waals surface area contributed by atoms with Crippen LogP contribution >= 0.6 is 0 Å². The number of carbonyl (C=O) groups is 1. The number of hydrogen-bond acceptors (Lipinski definition) is 5. The van der Waals surface area contributed by atoms with E-state index >= 15 is 0 Å². The molecule has 1 aromatic rings. The van der Waals surface area contributed by atoms with Gasteiger partial charge in [0.1, 0.15) is 0 Å². The summed E-state index contributed by atoms with van der Waals surface area (Å²) in [6.45, 7) is 1.78. The normalized spacial score (nSPS) is 23.3. The van der Waals surface area contributed by atoms with Crippen LogP contribution in [0.4, 0.5) is 0 Å². The fraction of sp³-hybridized carbons (Fsp3) is 0.588. The Morgan fingerprint density at radius 1 is 0.926 bits per heavy atom. The number of carbonyl (C=O) groups excluding carboxylic acids is 1. The Balaban J connectivity index is 1.61. The van der Waals surface area contributed by atoms with Gasteiger partial charge in [0.25, 0.3) is 0 Å². The summed E-state index contributed by atoms with van der Waals surface area (Å²) in [7, 11) is -6.86. The molecule has 0 N–H and O–H groups in total. The van der Waals surface area contributed by atoms with E-state index in [0.717, 1.165) is 6.26 Å². The lowest BCUT2D eigenvalue weighted by Gasteiger charge is -2.38. The van der Waals surface area contributed by atoms with Gasteiger partial charge in [0, 0.05) is 39.3 Å². The van der Waals surface area contributed by atoms with Crippen molar-refractivity contribution in [3.63, 3.8) is 0 Å². The topological polar surface area (TPSA) is 95.1 Å². The number of piperidine rings is 1. The summed E-state index contributed by atoms with van der Waals surface area (Å²) in [5, 5.41) is 0. The highest BCUT2D eigenvalue weighted by Crippen LogP contribution is 2.23. The Hall–Kier alpha value is -1.49. The maximum atomic E-state index is 12.8. The van der Waals surface area contributed by atoms with Gasteiger partial charge in [-0.25, -0.2) is 21.1 Å². The molecule has 2 heterocycles. The van der Waals surface area contributed by atoms with Crippen LogP contribution in [0.5, 0.6) is 0 Å². The summed E-state index contributed by atoms with van der Waals surface area (Å²) in [6.07, 6.45) is 2.48. The van der Waals surface area contributed by atoms with Gasteiger partial charge in [-0.2, -0.15) is 4.31 Å². The van der Waals surface area contributed by atoms with Crippen LogP contribution in [0.15, 0.2) is 35.2 Å². The van der Waals surface area contributed by atoms with Crippen LogP contribution in [-0.2, 0) is 24.8 Å². The Labute approximate surface area is 160 Å². The molecular formula is C17H25N3O5S2. The molecule has 150 valence electrons. The predicted molar refractivity (Wildman–Crippen MR) is 101 cm³/mol. The first-order chi connectivity index (χ1) is 12.7. The molecule has 0 aliphatic carbocycles. The Bertz CT molecular complexity index is 878. The van der Waals surface area contributed by atoms with Crippen LogP contribution in [0.3, 0.4) is 0 Å². The number of sulfonamides is 2. The standard InChI is InChI=1S/C17H25N3O5S2/c1-26(22,23)20-9-5-6-15(14-20)17(21)18-10-12-19(13-11-18)27(24,25)16-7-3-2-4-8-16/h2-4,7-8,15H,5-6,9-14H2,1H3/t15-/m0/s1. The van der Waals surface area contributed by atoms with E-state index < -0.39 is 20.0 Å². The van der Waals surface area contributed by atoms with Crippen LogP contribution in [0, 0.1) is 5.92 Å². The molecule has 2 aliphatic rings.